The van der Waals surface area contributed by atoms with Crippen molar-refractivity contribution in [3.8, 4) is 17.1 Å². The number of rotatable bonds is 6. The van der Waals surface area contributed by atoms with E-state index in [9.17, 15) is 5.11 Å². The van der Waals surface area contributed by atoms with E-state index in [1.807, 2.05) is 32.0 Å². The molecule has 0 spiro atoms. The van der Waals surface area contributed by atoms with Gasteiger partial charge in [-0.05, 0) is 32.4 Å². The summed E-state index contributed by atoms with van der Waals surface area (Å²) in [5, 5.41) is 14.5. The molecular weight excluding hydrogens is 294 g/mol. The summed E-state index contributed by atoms with van der Waals surface area (Å²) in [4.78, 5) is 8.63. The summed E-state index contributed by atoms with van der Waals surface area (Å²) in [6.45, 7) is 4.69. The van der Waals surface area contributed by atoms with Crippen LogP contribution in [0.1, 0.15) is 26.2 Å². The monoisotopic (exact) mass is 313 g/mol. The quantitative estimate of drug-likeness (QED) is 0.703. The van der Waals surface area contributed by atoms with Gasteiger partial charge in [-0.25, -0.2) is 0 Å². The van der Waals surface area contributed by atoms with Crippen LogP contribution in [0.3, 0.4) is 0 Å². The van der Waals surface area contributed by atoms with Crippen molar-refractivity contribution in [2.45, 2.75) is 32.8 Å². The first kappa shape index (κ1) is 15.4. The first-order valence-electron chi connectivity index (χ1n) is 7.66. The lowest BCUT2D eigenvalue weighted by Crippen LogP contribution is -2.04. The predicted molar refractivity (Wildman–Crippen MR) is 86.1 cm³/mol. The highest BCUT2D eigenvalue weighted by atomic mass is 16.5. The Labute approximate surface area is 134 Å². The lowest BCUT2D eigenvalue weighted by Gasteiger charge is -2.05. The lowest BCUT2D eigenvalue weighted by molar-refractivity contribution is 0.0761. The standard InChI is InChI=1S/C17H19N3O3/c1-11(2)22-8-4-7-16-19-17(20-23-16)13-5-3-6-15-14(13)9-12(21)10-18-15/h3,5-6,9-11,21H,4,7-8H2,1-2H3. The molecule has 1 N–H and O–H groups in total. The number of aryl methyl sites for hydroxylation is 1. The van der Waals surface area contributed by atoms with Crippen LogP contribution < -0.4 is 0 Å². The fourth-order valence-corrected chi connectivity index (χ4v) is 2.34. The zero-order valence-corrected chi connectivity index (χ0v) is 13.2. The van der Waals surface area contributed by atoms with Crippen molar-refractivity contribution in [3.63, 3.8) is 0 Å². The molecule has 0 unspecified atom stereocenters. The Morgan fingerprint density at radius 3 is 3.00 bits per heavy atom. The van der Waals surface area contributed by atoms with E-state index in [0.717, 1.165) is 22.9 Å². The molecule has 0 amide bonds. The largest absolute Gasteiger partial charge is 0.506 e. The van der Waals surface area contributed by atoms with Gasteiger partial charge in [-0.1, -0.05) is 17.3 Å². The van der Waals surface area contributed by atoms with Gasteiger partial charge < -0.3 is 14.4 Å². The Balaban J connectivity index is 1.79. The molecule has 0 saturated carbocycles. The minimum absolute atomic E-state index is 0.111. The fourth-order valence-electron chi connectivity index (χ4n) is 2.34. The number of hydrogen-bond donors (Lipinski definition) is 1. The Morgan fingerprint density at radius 2 is 2.17 bits per heavy atom. The van der Waals surface area contributed by atoms with Crippen LogP contribution in [-0.4, -0.2) is 32.9 Å². The molecule has 3 aromatic rings. The molecule has 0 aliphatic heterocycles. The van der Waals surface area contributed by atoms with Crippen LogP contribution in [0.4, 0.5) is 0 Å². The zero-order chi connectivity index (χ0) is 16.2. The van der Waals surface area contributed by atoms with Gasteiger partial charge in [0.05, 0.1) is 17.8 Å². The topological polar surface area (TPSA) is 81.3 Å². The molecule has 0 aliphatic carbocycles. The third-order valence-electron chi connectivity index (χ3n) is 3.41. The summed E-state index contributed by atoms with van der Waals surface area (Å²) in [7, 11) is 0. The highest BCUT2D eigenvalue weighted by Crippen LogP contribution is 2.27. The number of ether oxygens (including phenoxy) is 1. The fraction of sp³-hybridized carbons (Fsp3) is 0.353. The number of aromatic nitrogens is 3. The van der Waals surface area contributed by atoms with Gasteiger partial charge in [-0.2, -0.15) is 4.98 Å². The summed E-state index contributed by atoms with van der Waals surface area (Å²) in [5.41, 5.74) is 1.57. The zero-order valence-electron chi connectivity index (χ0n) is 13.2. The van der Waals surface area contributed by atoms with E-state index in [4.69, 9.17) is 9.26 Å². The summed E-state index contributed by atoms with van der Waals surface area (Å²) >= 11 is 0. The van der Waals surface area contributed by atoms with Crippen LogP contribution in [0.5, 0.6) is 5.75 Å². The summed E-state index contributed by atoms with van der Waals surface area (Å²) in [6.07, 6.45) is 3.15. The van der Waals surface area contributed by atoms with Crippen LogP contribution in [0.25, 0.3) is 22.3 Å². The predicted octanol–water partition coefficient (Wildman–Crippen LogP) is 3.35. The van der Waals surface area contributed by atoms with Gasteiger partial charge in [0.15, 0.2) is 0 Å². The van der Waals surface area contributed by atoms with Crippen molar-refractivity contribution in [1.29, 1.82) is 0 Å². The number of benzene rings is 1. The number of nitrogens with zero attached hydrogens (tertiary/aromatic N) is 3. The molecule has 6 heteroatoms. The van der Waals surface area contributed by atoms with Gasteiger partial charge >= 0.3 is 0 Å². The van der Waals surface area contributed by atoms with E-state index < -0.39 is 0 Å². The SMILES string of the molecule is CC(C)OCCCc1nc(-c2cccc3ncc(O)cc23)no1. The number of fused-ring (bicyclic) bond motifs is 1. The average molecular weight is 313 g/mol. The first-order valence-corrected chi connectivity index (χ1v) is 7.66. The van der Waals surface area contributed by atoms with Gasteiger partial charge in [0.25, 0.3) is 0 Å². The molecule has 2 heterocycles. The van der Waals surface area contributed by atoms with Crippen LogP contribution in [0, 0.1) is 0 Å². The van der Waals surface area contributed by atoms with Crippen molar-refractivity contribution < 1.29 is 14.4 Å². The maximum atomic E-state index is 9.65. The summed E-state index contributed by atoms with van der Waals surface area (Å²) in [5.74, 6) is 1.19. The molecular formula is C17H19N3O3. The van der Waals surface area contributed by atoms with Gasteiger partial charge in [0, 0.05) is 24.0 Å². The van der Waals surface area contributed by atoms with Gasteiger partial charge in [0.2, 0.25) is 11.7 Å². The summed E-state index contributed by atoms with van der Waals surface area (Å²) < 4.78 is 10.8. The molecule has 0 atom stereocenters. The van der Waals surface area contributed by atoms with Crippen molar-refractivity contribution in [1.82, 2.24) is 15.1 Å². The molecule has 0 bridgehead atoms. The van der Waals surface area contributed by atoms with E-state index in [-0.39, 0.29) is 11.9 Å². The molecule has 0 saturated heterocycles. The molecule has 6 nitrogen and oxygen atoms in total. The minimum atomic E-state index is 0.111. The average Bonchev–Trinajstić information content (AvgIpc) is 2.99. The maximum absolute atomic E-state index is 9.65. The smallest absolute Gasteiger partial charge is 0.227 e. The van der Waals surface area contributed by atoms with Gasteiger partial charge in [-0.3, -0.25) is 4.98 Å². The Morgan fingerprint density at radius 1 is 1.30 bits per heavy atom. The Bertz CT molecular complexity index is 799. The summed E-state index contributed by atoms with van der Waals surface area (Å²) in [6, 6.07) is 7.31. The maximum Gasteiger partial charge on any atom is 0.227 e. The van der Waals surface area contributed by atoms with E-state index in [1.165, 1.54) is 6.20 Å². The van der Waals surface area contributed by atoms with Crippen LogP contribution in [0.15, 0.2) is 35.0 Å². The lowest BCUT2D eigenvalue weighted by atomic mass is 10.1. The second-order valence-electron chi connectivity index (χ2n) is 5.60. The first-order chi connectivity index (χ1) is 11.1. The van der Waals surface area contributed by atoms with E-state index in [0.29, 0.717) is 24.7 Å². The van der Waals surface area contributed by atoms with E-state index >= 15 is 0 Å². The minimum Gasteiger partial charge on any atom is -0.506 e. The highest BCUT2D eigenvalue weighted by molar-refractivity contribution is 5.93. The van der Waals surface area contributed by atoms with Gasteiger partial charge in [0.1, 0.15) is 5.75 Å². The second-order valence-corrected chi connectivity index (χ2v) is 5.60. The van der Waals surface area contributed by atoms with Crippen LogP contribution >= 0.6 is 0 Å². The molecule has 3 rings (SSSR count). The molecule has 23 heavy (non-hydrogen) atoms. The molecule has 0 fully saturated rings. The van der Waals surface area contributed by atoms with E-state index in [1.54, 1.807) is 6.07 Å². The number of hydrogen-bond acceptors (Lipinski definition) is 6. The van der Waals surface area contributed by atoms with Crippen LogP contribution in [0.2, 0.25) is 0 Å². The van der Waals surface area contributed by atoms with Gasteiger partial charge in [-0.15, -0.1) is 0 Å². The van der Waals surface area contributed by atoms with Crippen molar-refractivity contribution in [2.75, 3.05) is 6.61 Å². The second kappa shape index (κ2) is 6.75. The molecule has 0 aliphatic rings. The van der Waals surface area contributed by atoms with E-state index in [2.05, 4.69) is 15.1 Å². The molecule has 1 aromatic carbocycles. The Kier molecular flexibility index (Phi) is 4.52. The number of pyridine rings is 1. The third-order valence-corrected chi connectivity index (χ3v) is 3.41. The van der Waals surface area contributed by atoms with Crippen molar-refractivity contribution >= 4 is 10.9 Å². The normalized spacial score (nSPS) is 11.4. The number of aromatic hydroxyl groups is 1. The van der Waals surface area contributed by atoms with Crippen molar-refractivity contribution in [3.05, 3.63) is 36.4 Å². The van der Waals surface area contributed by atoms with Crippen LogP contribution in [-0.2, 0) is 11.2 Å². The highest BCUT2D eigenvalue weighted by Gasteiger charge is 2.12. The third kappa shape index (κ3) is 3.65. The molecule has 120 valence electrons. The van der Waals surface area contributed by atoms with Crippen molar-refractivity contribution in [2.24, 2.45) is 0 Å². The Hall–Kier alpha value is -2.47. The molecule has 0 radical (unpaired) electrons. The molecule has 2 aromatic heterocycles.